The van der Waals surface area contributed by atoms with E-state index in [4.69, 9.17) is 0 Å². The summed E-state index contributed by atoms with van der Waals surface area (Å²) >= 11 is 0. The fourth-order valence-electron chi connectivity index (χ4n) is 1.15. The van der Waals surface area contributed by atoms with Gasteiger partial charge in [-0.1, -0.05) is 13.3 Å². The molecule has 0 spiro atoms. The van der Waals surface area contributed by atoms with Gasteiger partial charge in [0.05, 0.1) is 12.8 Å². The molecule has 0 bridgehead atoms. The van der Waals surface area contributed by atoms with Crippen LogP contribution in [0.1, 0.15) is 26.7 Å². The first kappa shape index (κ1) is 14.4. The molecule has 0 radical (unpaired) electrons. The second-order valence-corrected chi connectivity index (χ2v) is 5.87. The van der Waals surface area contributed by atoms with E-state index in [1.54, 1.807) is 0 Å². The molecule has 0 heterocycles. The number of likely N-dealkylation sites (N-methyl/N-ethyl adjacent to an activating group) is 1. The maximum Gasteiger partial charge on any atom is 0.235 e. The van der Waals surface area contributed by atoms with Gasteiger partial charge in [-0.3, -0.25) is 4.79 Å². The molecule has 0 unspecified atom stereocenters. The van der Waals surface area contributed by atoms with E-state index in [-0.39, 0.29) is 18.5 Å². The summed E-state index contributed by atoms with van der Waals surface area (Å²) < 4.78 is 23.1. The average molecular weight is 236 g/mol. The normalized spacial score (nSPS) is 13.9. The second kappa shape index (κ2) is 6.07. The molecule has 1 amide bonds. The Kier molecular flexibility index (Phi) is 5.82. The van der Waals surface area contributed by atoms with Gasteiger partial charge >= 0.3 is 0 Å². The van der Waals surface area contributed by atoms with E-state index >= 15 is 0 Å². The van der Waals surface area contributed by atoms with Crippen LogP contribution in [-0.4, -0.2) is 44.5 Å². The van der Waals surface area contributed by atoms with Crippen LogP contribution in [0.4, 0.5) is 0 Å². The summed E-state index contributed by atoms with van der Waals surface area (Å²) in [5.41, 5.74) is 0. The van der Waals surface area contributed by atoms with Gasteiger partial charge < -0.3 is 5.32 Å². The van der Waals surface area contributed by atoms with E-state index in [1.807, 2.05) is 13.8 Å². The van der Waals surface area contributed by atoms with Gasteiger partial charge in [-0.05, 0) is 13.3 Å². The predicted octanol–water partition coefficient (Wildman–Crippen LogP) is 0.183. The number of nitrogens with zero attached hydrogens (tertiary/aromatic N) is 1. The monoisotopic (exact) mass is 236 g/mol. The SMILES string of the molecule is CCC[C@H](C)NC(=O)CN(C)S(C)(=O)=O. The lowest BCUT2D eigenvalue weighted by atomic mass is 10.2. The minimum absolute atomic E-state index is 0.0930. The van der Waals surface area contributed by atoms with Crippen LogP contribution >= 0.6 is 0 Å². The Bertz CT molecular complexity index is 300. The van der Waals surface area contributed by atoms with Crippen molar-refractivity contribution < 1.29 is 13.2 Å². The van der Waals surface area contributed by atoms with Gasteiger partial charge in [-0.25, -0.2) is 8.42 Å². The summed E-state index contributed by atoms with van der Waals surface area (Å²) in [4.78, 5) is 11.4. The third-order valence-corrected chi connectivity index (χ3v) is 3.32. The molecule has 0 aromatic heterocycles. The summed E-state index contributed by atoms with van der Waals surface area (Å²) in [5.74, 6) is -0.260. The number of hydrogen-bond donors (Lipinski definition) is 1. The van der Waals surface area contributed by atoms with E-state index in [0.29, 0.717) is 0 Å². The van der Waals surface area contributed by atoms with Crippen molar-refractivity contribution >= 4 is 15.9 Å². The molecule has 0 aliphatic rings. The second-order valence-electron chi connectivity index (χ2n) is 3.78. The van der Waals surface area contributed by atoms with Crippen molar-refractivity contribution in [3.8, 4) is 0 Å². The van der Waals surface area contributed by atoms with Crippen LogP contribution in [-0.2, 0) is 14.8 Å². The van der Waals surface area contributed by atoms with Crippen LogP contribution in [0.15, 0.2) is 0 Å². The number of carbonyl (C=O) groups excluding carboxylic acids is 1. The highest BCUT2D eigenvalue weighted by atomic mass is 32.2. The number of rotatable bonds is 6. The lowest BCUT2D eigenvalue weighted by molar-refractivity contribution is -0.121. The molecular formula is C9H20N2O3S. The van der Waals surface area contributed by atoms with E-state index < -0.39 is 10.0 Å². The number of carbonyl (C=O) groups is 1. The molecule has 0 rings (SSSR count). The highest BCUT2D eigenvalue weighted by Crippen LogP contribution is 1.96. The minimum atomic E-state index is -3.27. The first-order valence-electron chi connectivity index (χ1n) is 4.98. The maximum absolute atomic E-state index is 11.4. The van der Waals surface area contributed by atoms with Crippen molar-refractivity contribution in [1.29, 1.82) is 0 Å². The Morgan fingerprint density at radius 1 is 1.47 bits per heavy atom. The van der Waals surface area contributed by atoms with E-state index in [0.717, 1.165) is 23.4 Å². The maximum atomic E-state index is 11.4. The molecule has 0 aromatic rings. The molecule has 0 saturated carbocycles. The molecule has 90 valence electrons. The molecule has 15 heavy (non-hydrogen) atoms. The highest BCUT2D eigenvalue weighted by molar-refractivity contribution is 7.88. The zero-order valence-electron chi connectivity index (χ0n) is 9.78. The summed E-state index contributed by atoms with van der Waals surface area (Å²) in [5, 5.41) is 2.74. The standard InChI is InChI=1S/C9H20N2O3S/c1-5-6-8(2)10-9(12)7-11(3)15(4,13)14/h8H,5-7H2,1-4H3,(H,10,12)/t8-/m0/s1. The van der Waals surface area contributed by atoms with Crippen LogP contribution in [0.5, 0.6) is 0 Å². The quantitative estimate of drug-likeness (QED) is 0.715. The fourth-order valence-corrected chi connectivity index (χ4v) is 1.50. The number of hydrogen-bond acceptors (Lipinski definition) is 3. The van der Waals surface area contributed by atoms with Gasteiger partial charge in [0.2, 0.25) is 15.9 Å². The van der Waals surface area contributed by atoms with Gasteiger partial charge in [0.15, 0.2) is 0 Å². The van der Waals surface area contributed by atoms with Crippen molar-refractivity contribution in [2.45, 2.75) is 32.7 Å². The lowest BCUT2D eigenvalue weighted by Gasteiger charge is -2.16. The molecule has 0 aliphatic carbocycles. The van der Waals surface area contributed by atoms with Crippen LogP contribution in [0.3, 0.4) is 0 Å². The minimum Gasteiger partial charge on any atom is -0.353 e. The molecule has 5 nitrogen and oxygen atoms in total. The molecule has 0 aromatic carbocycles. The Morgan fingerprint density at radius 3 is 2.40 bits per heavy atom. The molecule has 1 atom stereocenters. The summed E-state index contributed by atoms with van der Waals surface area (Å²) in [6.07, 6.45) is 2.97. The molecule has 0 aliphatic heterocycles. The summed E-state index contributed by atoms with van der Waals surface area (Å²) in [6.45, 7) is 3.82. The number of amides is 1. The summed E-state index contributed by atoms with van der Waals surface area (Å²) in [7, 11) is -1.89. The van der Waals surface area contributed by atoms with Gasteiger partial charge in [-0.15, -0.1) is 0 Å². The van der Waals surface area contributed by atoms with Gasteiger partial charge in [-0.2, -0.15) is 4.31 Å². The van der Waals surface area contributed by atoms with Crippen LogP contribution in [0.2, 0.25) is 0 Å². The van der Waals surface area contributed by atoms with Crippen molar-refractivity contribution in [2.24, 2.45) is 0 Å². The molecule has 6 heteroatoms. The zero-order valence-corrected chi connectivity index (χ0v) is 10.6. The van der Waals surface area contributed by atoms with Crippen molar-refractivity contribution in [3.63, 3.8) is 0 Å². The van der Waals surface area contributed by atoms with Crippen LogP contribution < -0.4 is 5.32 Å². The average Bonchev–Trinajstić information content (AvgIpc) is 2.01. The number of sulfonamides is 1. The highest BCUT2D eigenvalue weighted by Gasteiger charge is 2.15. The molecule has 0 fully saturated rings. The third kappa shape index (κ3) is 6.46. The van der Waals surface area contributed by atoms with Gasteiger partial charge in [0.1, 0.15) is 0 Å². The topological polar surface area (TPSA) is 66.5 Å². The Balaban J connectivity index is 4.05. The van der Waals surface area contributed by atoms with E-state index in [9.17, 15) is 13.2 Å². The first-order chi connectivity index (χ1) is 6.77. The van der Waals surface area contributed by atoms with Crippen molar-refractivity contribution in [3.05, 3.63) is 0 Å². The zero-order chi connectivity index (χ0) is 12.1. The van der Waals surface area contributed by atoms with Gasteiger partial charge in [0.25, 0.3) is 0 Å². The number of nitrogens with one attached hydrogen (secondary N) is 1. The van der Waals surface area contributed by atoms with E-state index in [2.05, 4.69) is 5.32 Å². The predicted molar refractivity (Wildman–Crippen MR) is 60.0 cm³/mol. The van der Waals surface area contributed by atoms with E-state index in [1.165, 1.54) is 7.05 Å². The molecule has 0 saturated heterocycles. The molecule has 1 N–H and O–H groups in total. The first-order valence-corrected chi connectivity index (χ1v) is 6.82. The third-order valence-electron chi connectivity index (χ3n) is 2.06. The Morgan fingerprint density at radius 2 is 2.00 bits per heavy atom. The Labute approximate surface area is 91.9 Å². The van der Waals surface area contributed by atoms with Crippen LogP contribution in [0, 0.1) is 0 Å². The molecular weight excluding hydrogens is 216 g/mol. The fraction of sp³-hybridized carbons (Fsp3) is 0.889. The van der Waals surface area contributed by atoms with Crippen LogP contribution in [0.25, 0.3) is 0 Å². The van der Waals surface area contributed by atoms with Gasteiger partial charge in [0, 0.05) is 13.1 Å². The Hall–Kier alpha value is -0.620. The lowest BCUT2D eigenvalue weighted by Crippen LogP contribution is -2.41. The summed E-state index contributed by atoms with van der Waals surface area (Å²) in [6, 6.07) is 0.0930. The van der Waals surface area contributed by atoms with Crippen molar-refractivity contribution in [1.82, 2.24) is 9.62 Å². The smallest absolute Gasteiger partial charge is 0.235 e. The largest absolute Gasteiger partial charge is 0.353 e. The van der Waals surface area contributed by atoms with Crippen molar-refractivity contribution in [2.75, 3.05) is 19.8 Å².